The number of carbonyl (C=O) groups is 1. The minimum Gasteiger partial charge on any atom is -0.383 e. The van der Waals surface area contributed by atoms with Crippen LogP contribution >= 0.6 is 0 Å². The van der Waals surface area contributed by atoms with E-state index in [2.05, 4.69) is 21.7 Å². The molecule has 0 spiro atoms. The summed E-state index contributed by atoms with van der Waals surface area (Å²) in [5.41, 5.74) is 12.7. The highest BCUT2D eigenvalue weighted by atomic mass is 19.1. The maximum absolute atomic E-state index is 13.6. The smallest absolute Gasteiger partial charge is 0.266 e. The van der Waals surface area contributed by atoms with E-state index in [1.54, 1.807) is 12.1 Å². The summed E-state index contributed by atoms with van der Waals surface area (Å²) in [6.45, 7) is 0. The average Bonchev–Trinajstić information content (AvgIpc) is 2.87. The Morgan fingerprint density at radius 1 is 1.11 bits per heavy atom. The van der Waals surface area contributed by atoms with Gasteiger partial charge in [-0.3, -0.25) is 15.0 Å². The van der Waals surface area contributed by atoms with Crippen molar-refractivity contribution in [3.63, 3.8) is 0 Å². The molecule has 2 heterocycles. The van der Waals surface area contributed by atoms with Crippen molar-refractivity contribution in [2.45, 2.75) is 25.2 Å². The van der Waals surface area contributed by atoms with Gasteiger partial charge in [0.1, 0.15) is 17.3 Å². The van der Waals surface area contributed by atoms with Gasteiger partial charge in [0.25, 0.3) is 5.56 Å². The van der Waals surface area contributed by atoms with Crippen LogP contribution in [0.25, 0.3) is 11.3 Å². The Labute approximate surface area is 200 Å². The van der Waals surface area contributed by atoms with E-state index in [0.29, 0.717) is 47.5 Å². The number of anilines is 1. The zero-order valence-electron chi connectivity index (χ0n) is 18.6. The zero-order valence-corrected chi connectivity index (χ0v) is 18.6. The van der Waals surface area contributed by atoms with Gasteiger partial charge in [0.15, 0.2) is 5.78 Å². The van der Waals surface area contributed by atoms with E-state index in [4.69, 9.17) is 5.73 Å². The highest BCUT2D eigenvalue weighted by Crippen LogP contribution is 2.45. The summed E-state index contributed by atoms with van der Waals surface area (Å²) in [5, 5.41) is 18.2. The number of hydrogen-bond acceptors (Lipinski definition) is 7. The molecule has 0 saturated heterocycles. The number of nitriles is 1. The van der Waals surface area contributed by atoms with Crippen LogP contribution in [0.15, 0.2) is 88.1 Å². The van der Waals surface area contributed by atoms with Gasteiger partial charge in [-0.2, -0.15) is 10.4 Å². The number of hydrazine groups is 1. The molecular weight excluding hydrogens is 447 g/mol. The fourth-order valence-corrected chi connectivity index (χ4v) is 4.63. The first-order valence-electron chi connectivity index (χ1n) is 11.1. The van der Waals surface area contributed by atoms with Gasteiger partial charge in [-0.15, -0.1) is 0 Å². The predicted octanol–water partition coefficient (Wildman–Crippen LogP) is 3.70. The molecule has 1 atom stereocenters. The van der Waals surface area contributed by atoms with Gasteiger partial charge in [-0.05, 0) is 30.5 Å². The Hall–Kier alpha value is -4.71. The molecule has 35 heavy (non-hydrogen) atoms. The second-order valence-corrected chi connectivity index (χ2v) is 8.34. The van der Waals surface area contributed by atoms with Crippen molar-refractivity contribution in [2.75, 3.05) is 5.43 Å². The Morgan fingerprint density at radius 3 is 2.57 bits per heavy atom. The number of hydrogen-bond donors (Lipinski definition) is 3. The molecule has 3 aromatic rings. The second kappa shape index (κ2) is 8.91. The number of allylic oxidation sites excluding steroid dienone is 3. The number of halogens is 1. The standard InChI is InChI=1S/C26H21FN6O2/c27-17-11-9-15(10-12-17)23-18(14-28)26(29)33(20-7-4-8-21(34)24(20)23)32-19-13-22(35)30-31-25(19)16-5-2-1-3-6-16/h1-3,5-6,9-13,23H,4,7-8,29H2,(H2,30,32,35). The third-order valence-electron chi connectivity index (χ3n) is 6.20. The lowest BCUT2D eigenvalue weighted by molar-refractivity contribution is -0.116. The first-order chi connectivity index (χ1) is 17.0. The quantitative estimate of drug-likeness (QED) is 0.533. The molecule has 2 aliphatic rings. The van der Waals surface area contributed by atoms with Crippen LogP contribution in [0, 0.1) is 17.1 Å². The number of H-pyrrole nitrogens is 1. The van der Waals surface area contributed by atoms with Gasteiger partial charge in [-0.1, -0.05) is 42.5 Å². The number of rotatable bonds is 4. The van der Waals surface area contributed by atoms with Gasteiger partial charge in [0.05, 0.1) is 23.2 Å². The minimum absolute atomic E-state index is 0.0973. The van der Waals surface area contributed by atoms with Crippen LogP contribution in [0.1, 0.15) is 30.7 Å². The van der Waals surface area contributed by atoms with Gasteiger partial charge in [-0.25, -0.2) is 14.5 Å². The normalized spacial score (nSPS) is 17.8. The molecule has 1 unspecified atom stereocenters. The number of aromatic amines is 1. The highest BCUT2D eigenvalue weighted by molar-refractivity contribution is 6.00. The van der Waals surface area contributed by atoms with E-state index >= 15 is 0 Å². The van der Waals surface area contributed by atoms with Gasteiger partial charge < -0.3 is 5.73 Å². The number of carbonyl (C=O) groups excluding carboxylic acids is 1. The van der Waals surface area contributed by atoms with Gasteiger partial charge >= 0.3 is 0 Å². The minimum atomic E-state index is -0.702. The summed E-state index contributed by atoms with van der Waals surface area (Å²) < 4.78 is 13.6. The lowest BCUT2D eigenvalue weighted by Crippen LogP contribution is -2.42. The molecule has 1 aromatic heterocycles. The number of aromatic nitrogens is 2. The molecular formula is C26H21FN6O2. The molecule has 1 aliphatic carbocycles. The average molecular weight is 468 g/mol. The van der Waals surface area contributed by atoms with Crippen molar-refractivity contribution in [3.8, 4) is 17.3 Å². The first kappa shape index (κ1) is 22.1. The van der Waals surface area contributed by atoms with Crippen LogP contribution < -0.4 is 16.7 Å². The van der Waals surface area contributed by atoms with Gasteiger partial charge in [0, 0.05) is 29.3 Å². The fraction of sp³-hybridized carbons (Fsp3) is 0.154. The SMILES string of the molecule is N#CC1=C(N)N(Nc2cc(=O)[nH]nc2-c2ccccc2)C2=C(C(=O)CCC2)C1c1ccc(F)cc1. The van der Waals surface area contributed by atoms with Crippen molar-refractivity contribution in [2.24, 2.45) is 5.73 Å². The maximum Gasteiger partial charge on any atom is 0.266 e. The molecule has 4 N–H and O–H groups in total. The van der Waals surface area contributed by atoms with E-state index in [1.807, 2.05) is 30.3 Å². The van der Waals surface area contributed by atoms with E-state index in [1.165, 1.54) is 23.2 Å². The fourth-order valence-electron chi connectivity index (χ4n) is 4.63. The number of nitrogens with one attached hydrogen (secondary N) is 2. The third kappa shape index (κ3) is 3.95. The van der Waals surface area contributed by atoms with Crippen LogP contribution in [-0.4, -0.2) is 21.0 Å². The van der Waals surface area contributed by atoms with Crippen molar-refractivity contribution in [3.05, 3.63) is 105 Å². The Bertz CT molecular complexity index is 1470. The largest absolute Gasteiger partial charge is 0.383 e. The Kier molecular flexibility index (Phi) is 5.63. The Morgan fingerprint density at radius 2 is 1.86 bits per heavy atom. The molecule has 5 rings (SSSR count). The summed E-state index contributed by atoms with van der Waals surface area (Å²) in [7, 11) is 0. The van der Waals surface area contributed by atoms with Crippen molar-refractivity contribution in [1.82, 2.24) is 15.2 Å². The summed E-state index contributed by atoms with van der Waals surface area (Å²) in [6.07, 6.45) is 1.48. The van der Waals surface area contributed by atoms with E-state index in [9.17, 15) is 19.2 Å². The summed E-state index contributed by atoms with van der Waals surface area (Å²) in [5.74, 6) is -1.11. The van der Waals surface area contributed by atoms with Crippen LogP contribution in [0.5, 0.6) is 0 Å². The maximum atomic E-state index is 13.6. The van der Waals surface area contributed by atoms with E-state index in [0.717, 1.165) is 5.56 Å². The summed E-state index contributed by atoms with van der Waals surface area (Å²) in [6, 6.07) is 18.5. The van der Waals surface area contributed by atoms with Crippen LogP contribution in [0.2, 0.25) is 0 Å². The number of nitrogens with zero attached hydrogens (tertiary/aromatic N) is 3. The van der Waals surface area contributed by atoms with Crippen LogP contribution in [-0.2, 0) is 4.79 Å². The Balaban J connectivity index is 1.66. The summed E-state index contributed by atoms with van der Waals surface area (Å²) in [4.78, 5) is 25.3. The second-order valence-electron chi connectivity index (χ2n) is 8.34. The molecule has 0 radical (unpaired) electrons. The molecule has 0 saturated carbocycles. The zero-order chi connectivity index (χ0) is 24.5. The van der Waals surface area contributed by atoms with Crippen LogP contribution in [0.4, 0.5) is 10.1 Å². The topological polar surface area (TPSA) is 128 Å². The third-order valence-corrected chi connectivity index (χ3v) is 6.20. The number of nitrogens with two attached hydrogens (primary N) is 1. The van der Waals surface area contributed by atoms with Gasteiger partial charge in [0.2, 0.25) is 0 Å². The molecule has 9 heteroatoms. The number of Topliss-reactive ketones (excluding diaryl/α,β-unsaturated/α-hetero) is 1. The molecule has 0 amide bonds. The molecule has 1 aliphatic heterocycles. The number of benzene rings is 2. The molecule has 2 aromatic carbocycles. The highest BCUT2D eigenvalue weighted by Gasteiger charge is 2.40. The van der Waals surface area contributed by atoms with Crippen molar-refractivity contribution >= 4 is 11.5 Å². The first-order valence-corrected chi connectivity index (χ1v) is 11.1. The van der Waals surface area contributed by atoms with E-state index in [-0.39, 0.29) is 17.2 Å². The molecule has 174 valence electrons. The lowest BCUT2D eigenvalue weighted by Gasteiger charge is -2.40. The summed E-state index contributed by atoms with van der Waals surface area (Å²) >= 11 is 0. The van der Waals surface area contributed by atoms with Crippen molar-refractivity contribution < 1.29 is 9.18 Å². The van der Waals surface area contributed by atoms with Crippen LogP contribution in [0.3, 0.4) is 0 Å². The van der Waals surface area contributed by atoms with Crippen molar-refractivity contribution in [1.29, 1.82) is 5.26 Å². The monoisotopic (exact) mass is 468 g/mol. The number of ketones is 1. The lowest BCUT2D eigenvalue weighted by atomic mass is 9.76. The predicted molar refractivity (Wildman–Crippen MR) is 128 cm³/mol. The molecule has 8 nitrogen and oxygen atoms in total. The molecule has 0 fully saturated rings. The molecule has 0 bridgehead atoms. The van der Waals surface area contributed by atoms with E-state index < -0.39 is 17.3 Å².